The number of benzene rings is 1. The van der Waals surface area contributed by atoms with Gasteiger partial charge < -0.3 is 19.8 Å². The van der Waals surface area contributed by atoms with Crippen molar-refractivity contribution in [3.05, 3.63) is 53.0 Å². The fourth-order valence-corrected chi connectivity index (χ4v) is 6.68. The molecule has 3 heterocycles. The van der Waals surface area contributed by atoms with Crippen molar-refractivity contribution in [1.82, 2.24) is 9.88 Å². The summed E-state index contributed by atoms with van der Waals surface area (Å²) in [5, 5.41) is 24.2. The van der Waals surface area contributed by atoms with Gasteiger partial charge in [0.15, 0.2) is 0 Å². The smallest absolute Gasteiger partial charge is 0.309 e. The zero-order valence-electron chi connectivity index (χ0n) is 19.7. The van der Waals surface area contributed by atoms with E-state index in [1.54, 1.807) is 24.6 Å². The van der Waals surface area contributed by atoms with Crippen molar-refractivity contribution in [2.24, 2.45) is 5.41 Å². The Balaban J connectivity index is 1.39. The average molecular weight is 501 g/mol. The Bertz CT molecular complexity index is 1110. The number of aliphatic hydroxyl groups is 1. The molecule has 0 aliphatic carbocycles. The van der Waals surface area contributed by atoms with E-state index >= 15 is 0 Å². The Hall–Kier alpha value is -2.13. The highest BCUT2D eigenvalue weighted by Crippen LogP contribution is 2.40. The summed E-state index contributed by atoms with van der Waals surface area (Å²) < 4.78 is 6.69. The largest absolute Gasteiger partial charge is 0.497 e. The highest BCUT2D eigenvalue weighted by atomic mass is 32.2. The molecule has 3 aromatic rings. The topological polar surface area (TPSA) is 82.9 Å². The molecule has 2 N–H and O–H groups in total. The van der Waals surface area contributed by atoms with E-state index in [4.69, 9.17) is 4.74 Å². The van der Waals surface area contributed by atoms with Gasteiger partial charge in [0.05, 0.1) is 28.4 Å². The SMILES string of the molecule is COc1ccc2ncc(C)c([C@@H](O)CCC3(C(=O)O)CCN(CCSc4cccs4)CC3)c2c1. The van der Waals surface area contributed by atoms with Crippen LogP contribution in [0.15, 0.2) is 46.1 Å². The number of carbonyl (C=O) groups is 1. The Labute approximate surface area is 209 Å². The van der Waals surface area contributed by atoms with Crippen LogP contribution in [-0.2, 0) is 4.79 Å². The highest BCUT2D eigenvalue weighted by Gasteiger charge is 2.41. The van der Waals surface area contributed by atoms with Crippen molar-refractivity contribution in [3.8, 4) is 5.75 Å². The van der Waals surface area contributed by atoms with Crippen molar-refractivity contribution in [2.45, 2.75) is 42.9 Å². The first kappa shape index (κ1) is 25.0. The minimum absolute atomic E-state index is 0.400. The third-order valence-electron chi connectivity index (χ3n) is 6.96. The van der Waals surface area contributed by atoms with E-state index in [2.05, 4.69) is 27.4 Å². The molecule has 1 fully saturated rings. The van der Waals surface area contributed by atoms with Crippen LogP contribution in [0.1, 0.15) is 42.9 Å². The molecule has 1 atom stereocenters. The van der Waals surface area contributed by atoms with Gasteiger partial charge in [0.25, 0.3) is 0 Å². The minimum Gasteiger partial charge on any atom is -0.497 e. The molecular weight excluding hydrogens is 468 g/mol. The van der Waals surface area contributed by atoms with Gasteiger partial charge in [-0.25, -0.2) is 0 Å². The van der Waals surface area contributed by atoms with Gasteiger partial charge in [-0.2, -0.15) is 0 Å². The lowest BCUT2D eigenvalue weighted by molar-refractivity contribution is -0.153. The standard InChI is InChI=1S/C26H32N2O4S2/c1-18-17-27-21-6-5-19(32-2)16-20(21)24(18)22(29)7-8-26(25(30)31)9-11-28(12-10-26)13-15-34-23-4-3-14-33-23/h3-6,14,16-17,22,29H,7-13,15H2,1-2H3,(H,30,31)/t22-/m0/s1. The zero-order chi connectivity index (χ0) is 24.1. The molecule has 0 saturated carbocycles. The van der Waals surface area contributed by atoms with Crippen LogP contribution >= 0.6 is 23.1 Å². The second-order valence-electron chi connectivity index (χ2n) is 9.00. The van der Waals surface area contributed by atoms with Gasteiger partial charge in [0, 0.05) is 23.9 Å². The fourth-order valence-electron chi connectivity index (χ4n) is 4.81. The van der Waals surface area contributed by atoms with Gasteiger partial charge in [0.2, 0.25) is 0 Å². The monoisotopic (exact) mass is 500 g/mol. The van der Waals surface area contributed by atoms with Crippen LogP contribution in [0.3, 0.4) is 0 Å². The average Bonchev–Trinajstić information content (AvgIpc) is 3.36. The van der Waals surface area contributed by atoms with Crippen molar-refractivity contribution < 1.29 is 19.7 Å². The Kier molecular flexibility index (Phi) is 8.14. The third-order valence-corrected chi connectivity index (χ3v) is 9.07. The predicted molar refractivity (Wildman–Crippen MR) is 138 cm³/mol. The van der Waals surface area contributed by atoms with Gasteiger partial charge in [-0.05, 0) is 86.5 Å². The first-order valence-corrected chi connectivity index (χ1v) is 13.5. The number of aromatic nitrogens is 1. The fraction of sp³-hybridized carbons (Fsp3) is 0.462. The second kappa shape index (κ2) is 11.1. The zero-order valence-corrected chi connectivity index (χ0v) is 21.3. The van der Waals surface area contributed by atoms with E-state index in [1.807, 2.05) is 36.9 Å². The maximum Gasteiger partial charge on any atom is 0.309 e. The molecular formula is C26H32N2O4S2. The van der Waals surface area contributed by atoms with E-state index in [-0.39, 0.29) is 0 Å². The first-order valence-electron chi connectivity index (χ1n) is 11.7. The van der Waals surface area contributed by atoms with Crippen LogP contribution in [0.25, 0.3) is 10.9 Å². The summed E-state index contributed by atoms with van der Waals surface area (Å²) in [5.74, 6) is 0.974. The molecule has 1 saturated heterocycles. The lowest BCUT2D eigenvalue weighted by atomic mass is 9.74. The highest BCUT2D eigenvalue weighted by molar-refractivity contribution is 8.01. The maximum atomic E-state index is 12.3. The molecule has 0 unspecified atom stereocenters. The number of pyridine rings is 1. The third kappa shape index (κ3) is 5.57. The van der Waals surface area contributed by atoms with Crippen molar-refractivity contribution in [2.75, 3.05) is 32.5 Å². The van der Waals surface area contributed by atoms with Gasteiger partial charge >= 0.3 is 5.97 Å². The van der Waals surface area contributed by atoms with E-state index in [9.17, 15) is 15.0 Å². The second-order valence-corrected chi connectivity index (χ2v) is 11.3. The minimum atomic E-state index is -0.785. The molecule has 8 heteroatoms. The van der Waals surface area contributed by atoms with Gasteiger partial charge in [-0.1, -0.05) is 6.07 Å². The van der Waals surface area contributed by atoms with Gasteiger partial charge in [-0.15, -0.1) is 23.1 Å². The first-order chi connectivity index (χ1) is 16.4. The van der Waals surface area contributed by atoms with Crippen LogP contribution < -0.4 is 4.74 Å². The van der Waals surface area contributed by atoms with E-state index in [0.29, 0.717) is 31.4 Å². The van der Waals surface area contributed by atoms with E-state index in [0.717, 1.165) is 47.4 Å². The predicted octanol–water partition coefficient (Wildman–Crippen LogP) is 5.39. The van der Waals surface area contributed by atoms with Crippen LogP contribution in [0.5, 0.6) is 5.75 Å². The van der Waals surface area contributed by atoms with Gasteiger partial charge in [0.1, 0.15) is 5.75 Å². The van der Waals surface area contributed by atoms with Crippen molar-refractivity contribution >= 4 is 40.0 Å². The summed E-state index contributed by atoms with van der Waals surface area (Å²) in [5.41, 5.74) is 1.72. The number of rotatable bonds is 10. The number of thioether (sulfide) groups is 1. The molecule has 182 valence electrons. The number of aliphatic carboxylic acids is 1. The number of thiophene rings is 1. The van der Waals surface area contributed by atoms with E-state index in [1.165, 1.54) is 4.21 Å². The number of carboxylic acids is 1. The summed E-state index contributed by atoms with van der Waals surface area (Å²) in [4.78, 5) is 19.2. The summed E-state index contributed by atoms with van der Waals surface area (Å²) in [7, 11) is 1.62. The number of piperidine rings is 1. The Morgan fingerprint density at radius 3 is 2.79 bits per heavy atom. The normalized spacial score (nSPS) is 17.0. The number of aliphatic hydroxyl groups excluding tert-OH is 1. The summed E-state index contributed by atoms with van der Waals surface area (Å²) in [6.45, 7) is 4.46. The molecule has 34 heavy (non-hydrogen) atoms. The van der Waals surface area contributed by atoms with Gasteiger partial charge in [-0.3, -0.25) is 9.78 Å². The number of hydrogen-bond donors (Lipinski definition) is 2. The summed E-state index contributed by atoms with van der Waals surface area (Å²) in [6.07, 6.45) is 3.10. The molecule has 1 aliphatic rings. The molecule has 0 spiro atoms. The number of nitrogens with zero attached hydrogens (tertiary/aromatic N) is 2. The molecule has 0 radical (unpaired) electrons. The summed E-state index contributed by atoms with van der Waals surface area (Å²) >= 11 is 3.61. The van der Waals surface area contributed by atoms with Crippen LogP contribution in [0.2, 0.25) is 0 Å². The van der Waals surface area contributed by atoms with Crippen molar-refractivity contribution in [3.63, 3.8) is 0 Å². The molecule has 0 bridgehead atoms. The van der Waals surface area contributed by atoms with Crippen LogP contribution in [0.4, 0.5) is 0 Å². The number of methoxy groups -OCH3 is 1. The molecule has 4 rings (SSSR count). The lowest BCUT2D eigenvalue weighted by Crippen LogP contribution is -2.45. The van der Waals surface area contributed by atoms with Crippen LogP contribution in [-0.4, -0.2) is 58.6 Å². The Morgan fingerprint density at radius 1 is 1.32 bits per heavy atom. The van der Waals surface area contributed by atoms with Crippen molar-refractivity contribution in [1.29, 1.82) is 0 Å². The molecule has 1 aliphatic heterocycles. The number of aryl methyl sites for hydroxylation is 1. The number of ether oxygens (including phenoxy) is 1. The lowest BCUT2D eigenvalue weighted by Gasteiger charge is -2.39. The maximum absolute atomic E-state index is 12.3. The number of fused-ring (bicyclic) bond motifs is 1. The Morgan fingerprint density at radius 2 is 2.12 bits per heavy atom. The quantitative estimate of drug-likeness (QED) is 0.361. The molecule has 1 aromatic carbocycles. The summed E-state index contributed by atoms with van der Waals surface area (Å²) in [6, 6.07) is 9.84. The molecule has 6 nitrogen and oxygen atoms in total. The number of hydrogen-bond acceptors (Lipinski definition) is 7. The molecule has 0 amide bonds. The van der Waals surface area contributed by atoms with Crippen LogP contribution in [0, 0.1) is 12.3 Å². The van der Waals surface area contributed by atoms with E-state index < -0.39 is 17.5 Å². The number of carboxylic acid groups (broad SMARTS) is 1. The molecule has 2 aromatic heterocycles. The number of likely N-dealkylation sites (tertiary alicyclic amines) is 1.